The van der Waals surface area contributed by atoms with Crippen LogP contribution in [0.5, 0.6) is 11.5 Å². The van der Waals surface area contributed by atoms with E-state index in [-0.39, 0.29) is 0 Å². The van der Waals surface area contributed by atoms with Crippen molar-refractivity contribution in [2.24, 2.45) is 5.10 Å². The number of hydrogen-bond donors (Lipinski definition) is 2. The molecule has 0 aromatic heterocycles. The van der Waals surface area contributed by atoms with Gasteiger partial charge in [-0.15, -0.1) is 0 Å². The van der Waals surface area contributed by atoms with E-state index in [0.717, 1.165) is 16.8 Å². The molecule has 0 radical (unpaired) electrons. The number of hydrazone groups is 1. The first-order valence-electron chi connectivity index (χ1n) is 9.37. The Hall–Kier alpha value is -3.03. The van der Waals surface area contributed by atoms with E-state index in [2.05, 4.69) is 31.8 Å². The Kier molecular flexibility index (Phi) is 7.92. The minimum absolute atomic E-state index is 0.294. The standard InChI is InChI=1S/C23H21BrClN3O3/c1-15-7-3-6-10-20(15)27-23(29)28-26-13-16-11-18(24)22(21(12-16)30-2)31-14-17-8-4-5-9-19(17)25/h3-13H,14H2,1-2H3,(H2,27,28,29). The number of rotatable bonds is 7. The third-order valence-electron chi connectivity index (χ3n) is 4.35. The van der Waals surface area contributed by atoms with Gasteiger partial charge in [0.25, 0.3) is 0 Å². The van der Waals surface area contributed by atoms with Crippen molar-refractivity contribution in [3.8, 4) is 11.5 Å². The van der Waals surface area contributed by atoms with Crippen LogP contribution in [0.15, 0.2) is 70.2 Å². The summed E-state index contributed by atoms with van der Waals surface area (Å²) >= 11 is 9.70. The molecule has 0 aliphatic carbocycles. The van der Waals surface area contributed by atoms with E-state index in [1.54, 1.807) is 13.2 Å². The van der Waals surface area contributed by atoms with E-state index in [0.29, 0.717) is 33.2 Å². The summed E-state index contributed by atoms with van der Waals surface area (Å²) in [6.45, 7) is 2.21. The van der Waals surface area contributed by atoms with Gasteiger partial charge in [0.15, 0.2) is 11.5 Å². The SMILES string of the molecule is COc1cc(C=NNC(=O)Nc2ccccc2C)cc(Br)c1OCc1ccccc1Cl. The highest BCUT2D eigenvalue weighted by Crippen LogP contribution is 2.37. The van der Waals surface area contributed by atoms with Gasteiger partial charge in [-0.05, 0) is 58.2 Å². The fourth-order valence-corrected chi connectivity index (χ4v) is 3.51. The number of halogens is 2. The molecule has 0 unspecified atom stereocenters. The smallest absolute Gasteiger partial charge is 0.339 e. The number of urea groups is 1. The maximum atomic E-state index is 12.0. The molecule has 0 saturated carbocycles. The van der Waals surface area contributed by atoms with Crippen molar-refractivity contribution in [3.63, 3.8) is 0 Å². The van der Waals surface area contributed by atoms with Crippen LogP contribution in [0.2, 0.25) is 5.02 Å². The normalized spacial score (nSPS) is 10.7. The summed E-state index contributed by atoms with van der Waals surface area (Å²) in [6.07, 6.45) is 1.52. The van der Waals surface area contributed by atoms with Gasteiger partial charge in [-0.25, -0.2) is 10.2 Å². The quantitative estimate of drug-likeness (QED) is 0.300. The number of carbonyl (C=O) groups excluding carboxylic acids is 1. The second-order valence-electron chi connectivity index (χ2n) is 6.55. The first-order valence-corrected chi connectivity index (χ1v) is 10.5. The van der Waals surface area contributed by atoms with Crippen molar-refractivity contribution in [2.45, 2.75) is 13.5 Å². The topological polar surface area (TPSA) is 72.0 Å². The molecule has 3 aromatic carbocycles. The third-order valence-corrected chi connectivity index (χ3v) is 5.31. The van der Waals surface area contributed by atoms with Gasteiger partial charge in [0.05, 0.1) is 17.8 Å². The molecule has 2 N–H and O–H groups in total. The maximum absolute atomic E-state index is 12.0. The molecular weight excluding hydrogens is 482 g/mol. The maximum Gasteiger partial charge on any atom is 0.339 e. The monoisotopic (exact) mass is 501 g/mol. The second-order valence-corrected chi connectivity index (χ2v) is 7.81. The van der Waals surface area contributed by atoms with Crippen LogP contribution in [0.25, 0.3) is 0 Å². The summed E-state index contributed by atoms with van der Waals surface area (Å²) in [5.74, 6) is 1.07. The molecule has 0 spiro atoms. The molecule has 31 heavy (non-hydrogen) atoms. The van der Waals surface area contributed by atoms with E-state index in [9.17, 15) is 4.79 Å². The van der Waals surface area contributed by atoms with Gasteiger partial charge in [-0.1, -0.05) is 48.0 Å². The molecule has 0 atom stereocenters. The van der Waals surface area contributed by atoms with Gasteiger partial charge in [0.1, 0.15) is 6.61 Å². The zero-order valence-corrected chi connectivity index (χ0v) is 19.3. The van der Waals surface area contributed by atoms with Crippen molar-refractivity contribution >= 4 is 45.5 Å². The van der Waals surface area contributed by atoms with Gasteiger partial charge in [-0.3, -0.25) is 0 Å². The molecule has 0 fully saturated rings. The average Bonchev–Trinajstić information content (AvgIpc) is 2.75. The minimum Gasteiger partial charge on any atom is -0.493 e. The van der Waals surface area contributed by atoms with Crippen molar-refractivity contribution in [3.05, 3.63) is 86.8 Å². The molecule has 8 heteroatoms. The lowest BCUT2D eigenvalue weighted by Gasteiger charge is -2.14. The molecule has 3 rings (SSSR count). The molecule has 0 aliphatic rings. The number of nitrogens with one attached hydrogen (secondary N) is 2. The zero-order valence-electron chi connectivity index (χ0n) is 17.0. The summed E-state index contributed by atoms with van der Waals surface area (Å²) in [6, 6.07) is 18.1. The molecule has 0 heterocycles. The van der Waals surface area contributed by atoms with Gasteiger partial charge in [0, 0.05) is 16.3 Å². The number of methoxy groups -OCH3 is 1. The number of nitrogens with zero attached hydrogens (tertiary/aromatic N) is 1. The molecule has 0 bridgehead atoms. The van der Waals surface area contributed by atoms with Crippen LogP contribution in [0.1, 0.15) is 16.7 Å². The zero-order chi connectivity index (χ0) is 22.2. The largest absolute Gasteiger partial charge is 0.493 e. The number of benzene rings is 3. The molecule has 2 amide bonds. The third kappa shape index (κ3) is 6.23. The lowest BCUT2D eigenvalue weighted by atomic mass is 10.2. The number of aryl methyl sites for hydroxylation is 1. The van der Waals surface area contributed by atoms with Gasteiger partial charge in [-0.2, -0.15) is 5.10 Å². The van der Waals surface area contributed by atoms with E-state index >= 15 is 0 Å². The van der Waals surface area contributed by atoms with Gasteiger partial charge < -0.3 is 14.8 Å². The summed E-state index contributed by atoms with van der Waals surface area (Å²) in [4.78, 5) is 12.0. The highest BCUT2D eigenvalue weighted by atomic mass is 79.9. The summed E-state index contributed by atoms with van der Waals surface area (Å²) in [7, 11) is 1.55. The Balaban J connectivity index is 1.65. The van der Waals surface area contributed by atoms with Gasteiger partial charge in [0.2, 0.25) is 0 Å². The first-order chi connectivity index (χ1) is 15.0. The van der Waals surface area contributed by atoms with Crippen LogP contribution in [0.3, 0.4) is 0 Å². The number of carbonyl (C=O) groups is 1. The Morgan fingerprint density at radius 3 is 2.65 bits per heavy atom. The molecule has 6 nitrogen and oxygen atoms in total. The Bertz CT molecular complexity index is 1110. The fourth-order valence-electron chi connectivity index (χ4n) is 2.75. The summed E-state index contributed by atoms with van der Waals surface area (Å²) in [5.41, 5.74) is 5.71. The Labute approximate surface area is 194 Å². The van der Waals surface area contributed by atoms with Crippen molar-refractivity contribution in [2.75, 3.05) is 12.4 Å². The number of amides is 2. The number of ether oxygens (including phenoxy) is 2. The van der Waals surface area contributed by atoms with E-state index in [4.69, 9.17) is 21.1 Å². The van der Waals surface area contributed by atoms with E-state index in [1.165, 1.54) is 6.21 Å². The molecular formula is C23H21BrClN3O3. The Morgan fingerprint density at radius 2 is 1.90 bits per heavy atom. The van der Waals surface area contributed by atoms with Crippen molar-refractivity contribution < 1.29 is 14.3 Å². The Morgan fingerprint density at radius 1 is 1.16 bits per heavy atom. The molecule has 160 valence electrons. The average molecular weight is 503 g/mol. The van der Waals surface area contributed by atoms with Crippen molar-refractivity contribution in [1.29, 1.82) is 0 Å². The van der Waals surface area contributed by atoms with Crippen LogP contribution in [-0.2, 0) is 6.61 Å². The summed E-state index contributed by atoms with van der Waals surface area (Å²) in [5, 5.41) is 7.38. The minimum atomic E-state index is -0.434. The summed E-state index contributed by atoms with van der Waals surface area (Å²) < 4.78 is 12.1. The lowest BCUT2D eigenvalue weighted by molar-refractivity contribution is 0.252. The van der Waals surface area contributed by atoms with Gasteiger partial charge >= 0.3 is 6.03 Å². The number of hydrogen-bond acceptors (Lipinski definition) is 4. The van der Waals surface area contributed by atoms with Crippen LogP contribution in [0.4, 0.5) is 10.5 Å². The van der Waals surface area contributed by atoms with Crippen LogP contribution in [-0.4, -0.2) is 19.4 Å². The number of anilines is 1. The number of para-hydroxylation sites is 1. The first kappa shape index (κ1) is 22.7. The van der Waals surface area contributed by atoms with E-state index in [1.807, 2.05) is 61.5 Å². The highest BCUT2D eigenvalue weighted by molar-refractivity contribution is 9.10. The molecule has 0 aliphatic heterocycles. The predicted molar refractivity (Wildman–Crippen MR) is 127 cm³/mol. The van der Waals surface area contributed by atoms with Crippen LogP contribution in [0, 0.1) is 6.92 Å². The van der Waals surface area contributed by atoms with Crippen LogP contribution >= 0.6 is 27.5 Å². The molecule has 0 saturated heterocycles. The van der Waals surface area contributed by atoms with E-state index < -0.39 is 6.03 Å². The lowest BCUT2D eigenvalue weighted by Crippen LogP contribution is -2.24. The molecule has 3 aromatic rings. The second kappa shape index (κ2) is 10.8. The van der Waals surface area contributed by atoms with Crippen molar-refractivity contribution in [1.82, 2.24) is 5.43 Å². The predicted octanol–water partition coefficient (Wildman–Crippen LogP) is 6.15. The highest BCUT2D eigenvalue weighted by Gasteiger charge is 2.12. The fraction of sp³-hybridized carbons (Fsp3) is 0.130. The van der Waals surface area contributed by atoms with Crippen LogP contribution < -0.4 is 20.2 Å².